The maximum absolute atomic E-state index is 14.1. The molecule has 0 amide bonds. The average Bonchev–Trinajstić information content (AvgIpc) is 2.60. The summed E-state index contributed by atoms with van der Waals surface area (Å²) >= 11 is 0. The van der Waals surface area contributed by atoms with Crippen molar-refractivity contribution < 1.29 is 13.9 Å². The molecular formula is C18H17F2N3O. The van der Waals surface area contributed by atoms with E-state index in [0.29, 0.717) is 6.54 Å². The summed E-state index contributed by atoms with van der Waals surface area (Å²) in [4.78, 5) is 7.88. The van der Waals surface area contributed by atoms with Crippen molar-refractivity contribution in [1.82, 2.24) is 9.97 Å². The Balaban J connectivity index is 1.87. The molecule has 3 aromatic rings. The highest BCUT2D eigenvalue weighted by Crippen LogP contribution is 2.27. The number of hydrogen-bond acceptors (Lipinski definition) is 4. The zero-order chi connectivity index (χ0) is 17.1. The van der Waals surface area contributed by atoms with Crippen molar-refractivity contribution >= 4 is 16.7 Å². The number of hydrogen-bond donors (Lipinski definition) is 2. The molecular weight excluding hydrogens is 312 g/mol. The molecule has 6 heteroatoms. The molecule has 0 fully saturated rings. The molecule has 124 valence electrons. The molecule has 4 nitrogen and oxygen atoms in total. The number of rotatable bonds is 5. The molecule has 0 saturated carbocycles. The second kappa shape index (κ2) is 6.78. The lowest BCUT2D eigenvalue weighted by Crippen LogP contribution is -2.13. The van der Waals surface area contributed by atoms with E-state index in [1.807, 2.05) is 19.1 Å². The van der Waals surface area contributed by atoms with Gasteiger partial charge in [0.05, 0.1) is 5.39 Å². The van der Waals surface area contributed by atoms with Crippen molar-refractivity contribution in [2.45, 2.75) is 19.3 Å². The number of anilines is 1. The molecule has 0 bridgehead atoms. The Kier molecular flexibility index (Phi) is 4.55. The Morgan fingerprint density at radius 2 is 1.75 bits per heavy atom. The number of benzene rings is 2. The Morgan fingerprint density at radius 3 is 2.46 bits per heavy atom. The summed E-state index contributed by atoms with van der Waals surface area (Å²) in [6, 6.07) is 9.09. The topological polar surface area (TPSA) is 58.0 Å². The number of aromatic nitrogens is 2. The maximum atomic E-state index is 14.1. The summed E-state index contributed by atoms with van der Waals surface area (Å²) in [5.74, 6) is -0.517. The van der Waals surface area contributed by atoms with Gasteiger partial charge in [0.1, 0.15) is 35.0 Å². The third-order valence-electron chi connectivity index (χ3n) is 4.06. The van der Waals surface area contributed by atoms with Crippen molar-refractivity contribution in [3.05, 3.63) is 59.9 Å². The van der Waals surface area contributed by atoms with E-state index in [9.17, 15) is 13.9 Å². The number of nitrogens with one attached hydrogen (secondary N) is 1. The van der Waals surface area contributed by atoms with Crippen LogP contribution in [0.2, 0.25) is 0 Å². The minimum atomic E-state index is -0.581. The molecule has 24 heavy (non-hydrogen) atoms. The predicted molar refractivity (Wildman–Crippen MR) is 89.1 cm³/mol. The van der Waals surface area contributed by atoms with Gasteiger partial charge in [-0.1, -0.05) is 19.1 Å². The van der Waals surface area contributed by atoms with Gasteiger partial charge in [0.25, 0.3) is 0 Å². The van der Waals surface area contributed by atoms with Crippen LogP contribution in [0.1, 0.15) is 24.8 Å². The lowest BCUT2D eigenvalue weighted by atomic mass is 9.96. The second-order valence-electron chi connectivity index (χ2n) is 5.55. The van der Waals surface area contributed by atoms with E-state index in [0.717, 1.165) is 24.1 Å². The normalized spacial score (nSPS) is 12.3. The summed E-state index contributed by atoms with van der Waals surface area (Å²) in [6.45, 7) is 2.54. The maximum Gasteiger partial charge on any atom is 0.149 e. The van der Waals surface area contributed by atoms with Crippen molar-refractivity contribution in [2.75, 3.05) is 11.9 Å². The van der Waals surface area contributed by atoms with E-state index < -0.39 is 11.6 Å². The van der Waals surface area contributed by atoms with Gasteiger partial charge in [0.15, 0.2) is 0 Å². The van der Waals surface area contributed by atoms with Crippen molar-refractivity contribution in [3.63, 3.8) is 0 Å². The molecule has 3 rings (SSSR count). The number of phenolic OH excluding ortho intramolecular Hbond substituents is 1. The minimum Gasteiger partial charge on any atom is -0.508 e. The van der Waals surface area contributed by atoms with Crippen LogP contribution in [0.4, 0.5) is 14.6 Å². The Labute approximate surface area is 138 Å². The standard InChI is InChI=1S/C18H17F2N3O/c1-2-11(12-3-5-13(24)6-4-12)9-21-18-16-14(19)7-8-15(20)17(16)22-10-23-18/h3-8,10-11,24H,2,9H2,1H3,(H,21,22,23). The van der Waals surface area contributed by atoms with Gasteiger partial charge in [0.2, 0.25) is 0 Å². The lowest BCUT2D eigenvalue weighted by molar-refractivity contribution is 0.475. The van der Waals surface area contributed by atoms with E-state index >= 15 is 0 Å². The Morgan fingerprint density at radius 1 is 1.04 bits per heavy atom. The summed E-state index contributed by atoms with van der Waals surface area (Å²) < 4.78 is 27.9. The first-order valence-corrected chi connectivity index (χ1v) is 7.71. The predicted octanol–water partition coefficient (Wildman–Crippen LogP) is 4.22. The molecule has 2 aromatic carbocycles. The highest BCUT2D eigenvalue weighted by atomic mass is 19.1. The zero-order valence-electron chi connectivity index (χ0n) is 13.1. The van der Waals surface area contributed by atoms with Gasteiger partial charge in [0, 0.05) is 12.5 Å². The smallest absolute Gasteiger partial charge is 0.149 e. The van der Waals surface area contributed by atoms with Crippen LogP contribution in [0.5, 0.6) is 5.75 Å². The van der Waals surface area contributed by atoms with E-state index in [1.54, 1.807) is 12.1 Å². The first-order chi connectivity index (χ1) is 11.6. The van der Waals surface area contributed by atoms with Crippen LogP contribution in [0.25, 0.3) is 10.9 Å². The fraction of sp³-hybridized carbons (Fsp3) is 0.222. The molecule has 0 aliphatic carbocycles. The van der Waals surface area contributed by atoms with E-state index in [2.05, 4.69) is 15.3 Å². The second-order valence-corrected chi connectivity index (χ2v) is 5.55. The minimum absolute atomic E-state index is 0.0369. The van der Waals surface area contributed by atoms with Crippen molar-refractivity contribution in [1.29, 1.82) is 0 Å². The third-order valence-corrected chi connectivity index (χ3v) is 4.06. The van der Waals surface area contributed by atoms with Crippen LogP contribution < -0.4 is 5.32 Å². The van der Waals surface area contributed by atoms with Crippen LogP contribution in [0.3, 0.4) is 0 Å². The van der Waals surface area contributed by atoms with Gasteiger partial charge in [-0.05, 0) is 36.2 Å². The van der Waals surface area contributed by atoms with Gasteiger partial charge < -0.3 is 10.4 Å². The first kappa shape index (κ1) is 16.1. The lowest BCUT2D eigenvalue weighted by Gasteiger charge is -2.17. The van der Waals surface area contributed by atoms with Gasteiger partial charge in [-0.15, -0.1) is 0 Å². The summed E-state index contributed by atoms with van der Waals surface area (Å²) in [5, 5.41) is 12.5. The quantitative estimate of drug-likeness (QED) is 0.736. The molecule has 0 aliphatic heterocycles. The van der Waals surface area contributed by atoms with E-state index in [-0.39, 0.29) is 28.4 Å². The number of nitrogens with zero attached hydrogens (tertiary/aromatic N) is 2. The molecule has 0 saturated heterocycles. The molecule has 0 radical (unpaired) electrons. The molecule has 1 aromatic heterocycles. The molecule has 1 heterocycles. The summed E-state index contributed by atoms with van der Waals surface area (Å²) in [6.07, 6.45) is 2.06. The SMILES string of the molecule is CCC(CNc1ncnc2c(F)ccc(F)c12)c1ccc(O)cc1. The van der Waals surface area contributed by atoms with Crippen LogP contribution in [-0.2, 0) is 0 Å². The zero-order valence-corrected chi connectivity index (χ0v) is 13.1. The highest BCUT2D eigenvalue weighted by molar-refractivity contribution is 5.89. The monoisotopic (exact) mass is 329 g/mol. The van der Waals surface area contributed by atoms with E-state index in [1.165, 1.54) is 6.33 Å². The molecule has 1 unspecified atom stereocenters. The van der Waals surface area contributed by atoms with Gasteiger partial charge in [-0.25, -0.2) is 18.7 Å². The number of aromatic hydroxyl groups is 1. The van der Waals surface area contributed by atoms with E-state index in [4.69, 9.17) is 0 Å². The first-order valence-electron chi connectivity index (χ1n) is 7.71. The molecule has 1 atom stereocenters. The fourth-order valence-electron chi connectivity index (χ4n) is 2.70. The van der Waals surface area contributed by atoms with Crippen LogP contribution in [0, 0.1) is 11.6 Å². The molecule has 2 N–H and O–H groups in total. The van der Waals surface area contributed by atoms with Gasteiger partial charge in [-0.3, -0.25) is 0 Å². The van der Waals surface area contributed by atoms with Gasteiger partial charge >= 0.3 is 0 Å². The summed E-state index contributed by atoms with van der Waals surface area (Å²) in [7, 11) is 0. The Hall–Kier alpha value is -2.76. The van der Waals surface area contributed by atoms with Crippen LogP contribution >= 0.6 is 0 Å². The average molecular weight is 329 g/mol. The third kappa shape index (κ3) is 3.13. The fourth-order valence-corrected chi connectivity index (χ4v) is 2.70. The molecule has 0 aliphatic rings. The number of fused-ring (bicyclic) bond motifs is 1. The van der Waals surface area contributed by atoms with Gasteiger partial charge in [-0.2, -0.15) is 0 Å². The summed E-state index contributed by atoms with van der Waals surface area (Å²) in [5.41, 5.74) is 1.01. The molecule has 0 spiro atoms. The number of halogens is 2. The van der Waals surface area contributed by atoms with Crippen LogP contribution in [-0.4, -0.2) is 21.6 Å². The Bertz CT molecular complexity index is 853. The van der Waals surface area contributed by atoms with Crippen molar-refractivity contribution in [3.8, 4) is 5.75 Å². The highest BCUT2D eigenvalue weighted by Gasteiger charge is 2.15. The van der Waals surface area contributed by atoms with Crippen molar-refractivity contribution in [2.24, 2.45) is 0 Å². The number of phenols is 1. The largest absolute Gasteiger partial charge is 0.508 e. The van der Waals surface area contributed by atoms with Crippen LogP contribution in [0.15, 0.2) is 42.7 Å².